The van der Waals surface area contributed by atoms with Gasteiger partial charge in [0.1, 0.15) is 30.0 Å². The number of primary amides is 1. The van der Waals surface area contributed by atoms with Gasteiger partial charge in [-0.05, 0) is 47.5 Å². The van der Waals surface area contributed by atoms with Crippen LogP contribution in [0.3, 0.4) is 0 Å². The minimum absolute atomic E-state index is 0.284. The lowest BCUT2D eigenvalue weighted by atomic mass is 10.1. The van der Waals surface area contributed by atoms with Crippen molar-refractivity contribution in [1.29, 1.82) is 0 Å². The van der Waals surface area contributed by atoms with E-state index in [4.69, 9.17) is 14.9 Å². The van der Waals surface area contributed by atoms with Gasteiger partial charge in [-0.15, -0.1) is 0 Å². The molecule has 3 rings (SSSR count). The molecule has 0 fully saturated rings. The molecule has 0 radical (unpaired) electrons. The number of amides is 1. The first-order chi connectivity index (χ1) is 12.6. The normalized spacial score (nSPS) is 11.9. The minimum atomic E-state index is -0.686. The summed E-state index contributed by atoms with van der Waals surface area (Å²) in [6.07, 6.45) is 1.50. The average molecular weight is 354 g/mol. The highest BCUT2D eigenvalue weighted by molar-refractivity contribution is 5.80. The zero-order chi connectivity index (χ0) is 18.4. The number of halogens is 1. The van der Waals surface area contributed by atoms with E-state index in [0.29, 0.717) is 18.1 Å². The standard InChI is InChI=1S/C20H19FN2O3/c21-16-4-1-3-15(11-16)13-26-17-8-6-14(7-9-17)12-23-19(20(22)24)18-5-2-10-25-18/h1-11,19,23H,12-13H2,(H2,22,24). The predicted molar refractivity (Wildman–Crippen MR) is 94.7 cm³/mol. The van der Waals surface area contributed by atoms with Crippen molar-refractivity contribution in [2.45, 2.75) is 19.2 Å². The Balaban J connectivity index is 1.55. The number of nitrogens with one attached hydrogen (secondary N) is 1. The Morgan fingerprint density at radius 1 is 1.12 bits per heavy atom. The van der Waals surface area contributed by atoms with Crippen LogP contribution >= 0.6 is 0 Å². The van der Waals surface area contributed by atoms with Crippen molar-refractivity contribution < 1.29 is 18.3 Å². The molecule has 5 nitrogen and oxygen atoms in total. The molecule has 26 heavy (non-hydrogen) atoms. The van der Waals surface area contributed by atoms with E-state index < -0.39 is 11.9 Å². The molecule has 1 amide bonds. The van der Waals surface area contributed by atoms with Crippen LogP contribution in [-0.4, -0.2) is 5.91 Å². The Labute approximate surface area is 150 Å². The maximum absolute atomic E-state index is 13.2. The summed E-state index contributed by atoms with van der Waals surface area (Å²) in [5.74, 6) is 0.367. The van der Waals surface area contributed by atoms with Crippen molar-refractivity contribution in [3.63, 3.8) is 0 Å². The molecule has 0 saturated heterocycles. The molecule has 2 aromatic carbocycles. The zero-order valence-electron chi connectivity index (χ0n) is 14.0. The quantitative estimate of drug-likeness (QED) is 0.651. The van der Waals surface area contributed by atoms with E-state index in [1.807, 2.05) is 24.3 Å². The van der Waals surface area contributed by atoms with Gasteiger partial charge in [0, 0.05) is 6.54 Å². The average Bonchev–Trinajstić information content (AvgIpc) is 3.15. The molecule has 0 spiro atoms. The molecule has 134 valence electrons. The number of hydrogen-bond donors (Lipinski definition) is 2. The van der Waals surface area contributed by atoms with E-state index in [1.165, 1.54) is 18.4 Å². The summed E-state index contributed by atoms with van der Waals surface area (Å²) in [5, 5.41) is 3.07. The van der Waals surface area contributed by atoms with Gasteiger partial charge in [0.15, 0.2) is 0 Å². The molecule has 0 saturated carbocycles. The Morgan fingerprint density at radius 3 is 2.58 bits per heavy atom. The minimum Gasteiger partial charge on any atom is -0.489 e. The monoisotopic (exact) mass is 354 g/mol. The molecule has 1 atom stereocenters. The van der Waals surface area contributed by atoms with E-state index in [9.17, 15) is 9.18 Å². The second kappa shape index (κ2) is 8.31. The number of carbonyl (C=O) groups is 1. The highest BCUT2D eigenvalue weighted by Crippen LogP contribution is 2.17. The number of rotatable bonds is 8. The highest BCUT2D eigenvalue weighted by atomic mass is 19.1. The van der Waals surface area contributed by atoms with Crippen LogP contribution in [0.15, 0.2) is 71.3 Å². The third-order valence-corrected chi connectivity index (χ3v) is 3.84. The van der Waals surface area contributed by atoms with Crippen LogP contribution in [0.25, 0.3) is 0 Å². The molecule has 0 aliphatic heterocycles. The number of carbonyl (C=O) groups excluding carboxylic acids is 1. The maximum Gasteiger partial charge on any atom is 0.242 e. The zero-order valence-corrected chi connectivity index (χ0v) is 14.0. The third-order valence-electron chi connectivity index (χ3n) is 3.84. The summed E-state index contributed by atoms with van der Waals surface area (Å²) in [7, 11) is 0. The molecule has 6 heteroatoms. The van der Waals surface area contributed by atoms with Gasteiger partial charge in [0.05, 0.1) is 6.26 Å². The first-order valence-corrected chi connectivity index (χ1v) is 8.14. The van der Waals surface area contributed by atoms with Gasteiger partial charge in [-0.3, -0.25) is 10.1 Å². The molecular weight excluding hydrogens is 335 g/mol. The van der Waals surface area contributed by atoms with Gasteiger partial charge in [-0.2, -0.15) is 0 Å². The van der Waals surface area contributed by atoms with Crippen LogP contribution in [0, 0.1) is 5.82 Å². The lowest BCUT2D eigenvalue weighted by Gasteiger charge is -2.13. The van der Waals surface area contributed by atoms with Crippen LogP contribution in [0.5, 0.6) is 5.75 Å². The van der Waals surface area contributed by atoms with Crippen LogP contribution in [0.4, 0.5) is 4.39 Å². The number of hydrogen-bond acceptors (Lipinski definition) is 4. The van der Waals surface area contributed by atoms with E-state index in [-0.39, 0.29) is 12.4 Å². The topological polar surface area (TPSA) is 77.5 Å². The van der Waals surface area contributed by atoms with Crippen molar-refractivity contribution in [2.24, 2.45) is 5.73 Å². The maximum atomic E-state index is 13.2. The SMILES string of the molecule is NC(=O)C(NCc1ccc(OCc2cccc(F)c2)cc1)c1ccco1. The van der Waals surface area contributed by atoms with Gasteiger partial charge < -0.3 is 14.9 Å². The van der Waals surface area contributed by atoms with Gasteiger partial charge in [0.25, 0.3) is 0 Å². The fourth-order valence-electron chi connectivity index (χ4n) is 2.51. The fraction of sp³-hybridized carbons (Fsp3) is 0.150. The van der Waals surface area contributed by atoms with Gasteiger partial charge in [-0.1, -0.05) is 24.3 Å². The van der Waals surface area contributed by atoms with E-state index in [1.54, 1.807) is 24.3 Å². The number of benzene rings is 2. The van der Waals surface area contributed by atoms with Gasteiger partial charge in [-0.25, -0.2) is 4.39 Å². The largest absolute Gasteiger partial charge is 0.489 e. The van der Waals surface area contributed by atoms with Crippen molar-refractivity contribution in [3.05, 3.63) is 89.6 Å². The Kier molecular flexibility index (Phi) is 5.66. The molecule has 0 aliphatic rings. The predicted octanol–water partition coefficient (Wildman–Crippen LogP) is 3.31. The fourth-order valence-corrected chi connectivity index (χ4v) is 2.51. The summed E-state index contributed by atoms with van der Waals surface area (Å²) >= 11 is 0. The lowest BCUT2D eigenvalue weighted by molar-refractivity contribution is -0.120. The molecule has 3 N–H and O–H groups in total. The van der Waals surface area contributed by atoms with Gasteiger partial charge >= 0.3 is 0 Å². The van der Waals surface area contributed by atoms with Crippen LogP contribution < -0.4 is 15.8 Å². The molecule has 1 heterocycles. The number of furan rings is 1. The van der Waals surface area contributed by atoms with Crippen molar-refractivity contribution in [1.82, 2.24) is 5.32 Å². The summed E-state index contributed by atoms with van der Waals surface area (Å²) in [6, 6.07) is 16.4. The van der Waals surface area contributed by atoms with Crippen LogP contribution in [-0.2, 0) is 17.9 Å². The van der Waals surface area contributed by atoms with E-state index >= 15 is 0 Å². The summed E-state index contributed by atoms with van der Waals surface area (Å²) in [5.41, 5.74) is 7.14. The Morgan fingerprint density at radius 2 is 1.92 bits per heavy atom. The summed E-state index contributed by atoms with van der Waals surface area (Å²) in [6.45, 7) is 0.732. The molecule has 3 aromatic rings. The van der Waals surface area contributed by atoms with Crippen molar-refractivity contribution in [3.8, 4) is 5.75 Å². The summed E-state index contributed by atoms with van der Waals surface area (Å²) < 4.78 is 24.0. The van der Waals surface area contributed by atoms with Crippen LogP contribution in [0.2, 0.25) is 0 Å². The van der Waals surface area contributed by atoms with E-state index in [0.717, 1.165) is 11.1 Å². The molecule has 0 aliphatic carbocycles. The lowest BCUT2D eigenvalue weighted by Crippen LogP contribution is -2.33. The second-order valence-corrected chi connectivity index (χ2v) is 5.79. The summed E-state index contributed by atoms with van der Waals surface area (Å²) in [4.78, 5) is 11.6. The number of nitrogens with two attached hydrogens (primary N) is 1. The van der Waals surface area contributed by atoms with Crippen LogP contribution in [0.1, 0.15) is 22.9 Å². The number of ether oxygens (including phenoxy) is 1. The second-order valence-electron chi connectivity index (χ2n) is 5.79. The third kappa shape index (κ3) is 4.70. The van der Waals surface area contributed by atoms with E-state index in [2.05, 4.69) is 5.32 Å². The van der Waals surface area contributed by atoms with Crippen molar-refractivity contribution >= 4 is 5.91 Å². The first-order valence-electron chi connectivity index (χ1n) is 8.14. The molecular formula is C20H19FN2O3. The Hall–Kier alpha value is -3.12. The molecule has 1 aromatic heterocycles. The van der Waals surface area contributed by atoms with Gasteiger partial charge in [0.2, 0.25) is 5.91 Å². The Bertz CT molecular complexity index is 848. The molecule has 0 bridgehead atoms. The highest BCUT2D eigenvalue weighted by Gasteiger charge is 2.19. The van der Waals surface area contributed by atoms with Crippen molar-refractivity contribution in [2.75, 3.05) is 0 Å². The smallest absolute Gasteiger partial charge is 0.242 e. The first kappa shape index (κ1) is 17.7. The molecule has 1 unspecified atom stereocenters.